The first-order chi connectivity index (χ1) is 9.22. The number of anilines is 1. The van der Waals surface area contributed by atoms with Gasteiger partial charge in [-0.25, -0.2) is 0 Å². The van der Waals surface area contributed by atoms with Gasteiger partial charge in [-0.2, -0.15) is 5.26 Å². The van der Waals surface area contributed by atoms with Gasteiger partial charge in [0, 0.05) is 5.69 Å². The van der Waals surface area contributed by atoms with Gasteiger partial charge in [-0.3, -0.25) is 0 Å². The Morgan fingerprint density at radius 3 is 2.32 bits per heavy atom. The zero-order chi connectivity index (χ0) is 13.7. The lowest BCUT2D eigenvalue weighted by atomic mass is 10.1. The Balaban J connectivity index is 2.18. The van der Waals surface area contributed by atoms with Gasteiger partial charge >= 0.3 is 0 Å². The highest BCUT2D eigenvalue weighted by Crippen LogP contribution is 2.26. The van der Waals surface area contributed by atoms with Crippen molar-refractivity contribution in [3.8, 4) is 23.3 Å². The van der Waals surface area contributed by atoms with Crippen molar-refractivity contribution in [2.24, 2.45) is 0 Å². The molecule has 0 aliphatic carbocycles. The molecular formula is C15H14N2O2. The molecule has 0 saturated heterocycles. The normalized spacial score (nSPS) is 9.68. The van der Waals surface area contributed by atoms with Crippen LogP contribution in [0.3, 0.4) is 0 Å². The fourth-order valence-corrected chi connectivity index (χ4v) is 1.66. The Kier molecular flexibility index (Phi) is 3.89. The zero-order valence-electron chi connectivity index (χ0n) is 10.6. The molecule has 0 saturated carbocycles. The van der Waals surface area contributed by atoms with Crippen LogP contribution in [0.4, 0.5) is 5.69 Å². The smallest absolute Gasteiger partial charge is 0.127 e. The third-order valence-electron chi connectivity index (χ3n) is 2.68. The molecule has 2 aromatic rings. The molecule has 0 heterocycles. The molecule has 0 aromatic heterocycles. The number of nitrogen functional groups attached to an aromatic ring is 1. The molecule has 19 heavy (non-hydrogen) atoms. The summed E-state index contributed by atoms with van der Waals surface area (Å²) in [6.45, 7) is 0. The number of rotatable bonds is 4. The summed E-state index contributed by atoms with van der Waals surface area (Å²) in [5.41, 5.74) is 7.16. The maximum absolute atomic E-state index is 8.72. The molecule has 0 radical (unpaired) electrons. The van der Waals surface area contributed by atoms with E-state index < -0.39 is 0 Å². The maximum Gasteiger partial charge on any atom is 0.127 e. The lowest BCUT2D eigenvalue weighted by Crippen LogP contribution is -1.94. The van der Waals surface area contributed by atoms with Gasteiger partial charge < -0.3 is 15.2 Å². The minimum absolute atomic E-state index is 0.269. The van der Waals surface area contributed by atoms with E-state index in [0.29, 0.717) is 17.2 Å². The summed E-state index contributed by atoms with van der Waals surface area (Å²) >= 11 is 0. The Hall–Kier alpha value is -2.67. The van der Waals surface area contributed by atoms with Crippen LogP contribution in [-0.4, -0.2) is 7.11 Å². The average molecular weight is 254 g/mol. The molecule has 2 rings (SSSR count). The number of benzene rings is 2. The van der Waals surface area contributed by atoms with E-state index in [9.17, 15) is 0 Å². The minimum atomic E-state index is 0.269. The highest BCUT2D eigenvalue weighted by Gasteiger charge is 2.03. The number of methoxy groups -OCH3 is 1. The fraction of sp³-hybridized carbons (Fsp3) is 0.133. The van der Waals surface area contributed by atoms with Crippen LogP contribution in [0.1, 0.15) is 5.56 Å². The maximum atomic E-state index is 8.72. The Morgan fingerprint density at radius 1 is 1.05 bits per heavy atom. The van der Waals surface area contributed by atoms with Crippen LogP contribution >= 0.6 is 0 Å². The van der Waals surface area contributed by atoms with Crippen molar-refractivity contribution in [3.63, 3.8) is 0 Å². The molecule has 0 spiro atoms. The fourth-order valence-electron chi connectivity index (χ4n) is 1.66. The number of hydrogen-bond donors (Lipinski definition) is 1. The van der Waals surface area contributed by atoms with Gasteiger partial charge in [-0.15, -0.1) is 0 Å². The molecule has 0 amide bonds. The van der Waals surface area contributed by atoms with Gasteiger partial charge in [-0.1, -0.05) is 0 Å². The predicted octanol–water partition coefficient (Wildman–Crippen LogP) is 3.14. The second kappa shape index (κ2) is 5.78. The quantitative estimate of drug-likeness (QED) is 0.851. The van der Waals surface area contributed by atoms with Gasteiger partial charge in [0.05, 0.1) is 19.6 Å². The molecule has 4 heteroatoms. The van der Waals surface area contributed by atoms with E-state index in [4.69, 9.17) is 20.5 Å². The van der Waals surface area contributed by atoms with E-state index >= 15 is 0 Å². The highest BCUT2D eigenvalue weighted by atomic mass is 16.5. The Morgan fingerprint density at radius 2 is 1.68 bits per heavy atom. The molecule has 0 fully saturated rings. The van der Waals surface area contributed by atoms with Crippen LogP contribution in [-0.2, 0) is 6.42 Å². The van der Waals surface area contributed by atoms with Crippen LogP contribution in [0.2, 0.25) is 0 Å². The summed E-state index contributed by atoms with van der Waals surface area (Å²) < 4.78 is 10.8. The highest BCUT2D eigenvalue weighted by molar-refractivity contribution is 5.52. The first kappa shape index (κ1) is 12.8. The first-order valence-electron chi connectivity index (χ1n) is 5.80. The second-order valence-electron chi connectivity index (χ2n) is 3.97. The largest absolute Gasteiger partial charge is 0.497 e. The molecular weight excluding hydrogens is 240 g/mol. The summed E-state index contributed by atoms with van der Waals surface area (Å²) in [7, 11) is 1.62. The van der Waals surface area contributed by atoms with Gasteiger partial charge in [0.15, 0.2) is 0 Å². The summed E-state index contributed by atoms with van der Waals surface area (Å²) in [4.78, 5) is 0. The lowest BCUT2D eigenvalue weighted by molar-refractivity contribution is 0.413. The third kappa shape index (κ3) is 3.17. The van der Waals surface area contributed by atoms with Crippen molar-refractivity contribution in [3.05, 3.63) is 48.0 Å². The molecule has 0 bridgehead atoms. The molecule has 96 valence electrons. The van der Waals surface area contributed by atoms with Crippen LogP contribution in [0.5, 0.6) is 17.2 Å². The van der Waals surface area contributed by atoms with Crippen molar-refractivity contribution in [2.75, 3.05) is 12.8 Å². The molecule has 0 atom stereocenters. The third-order valence-corrected chi connectivity index (χ3v) is 2.68. The molecule has 0 aliphatic heterocycles. The van der Waals surface area contributed by atoms with Gasteiger partial charge in [0.25, 0.3) is 0 Å². The Bertz CT molecular complexity index is 601. The van der Waals surface area contributed by atoms with Crippen molar-refractivity contribution in [1.82, 2.24) is 0 Å². The minimum Gasteiger partial charge on any atom is -0.497 e. The van der Waals surface area contributed by atoms with E-state index in [1.807, 2.05) is 24.3 Å². The number of ether oxygens (including phenoxy) is 2. The van der Waals surface area contributed by atoms with Crippen molar-refractivity contribution in [2.45, 2.75) is 6.42 Å². The Labute approximate surface area is 112 Å². The van der Waals surface area contributed by atoms with Crippen molar-refractivity contribution >= 4 is 5.69 Å². The number of nitriles is 1. The number of nitrogens with zero attached hydrogens (tertiary/aromatic N) is 1. The van der Waals surface area contributed by atoms with E-state index in [0.717, 1.165) is 11.3 Å². The summed E-state index contributed by atoms with van der Waals surface area (Å²) in [5, 5.41) is 8.72. The van der Waals surface area contributed by atoms with Gasteiger partial charge in [0.2, 0.25) is 0 Å². The zero-order valence-corrected chi connectivity index (χ0v) is 10.6. The summed E-state index contributed by atoms with van der Waals surface area (Å²) in [6.07, 6.45) is 0.269. The van der Waals surface area contributed by atoms with Crippen molar-refractivity contribution < 1.29 is 9.47 Å². The first-order valence-corrected chi connectivity index (χ1v) is 5.80. The summed E-state index contributed by atoms with van der Waals surface area (Å²) in [6, 6.07) is 14.7. The average Bonchev–Trinajstić information content (AvgIpc) is 2.44. The monoisotopic (exact) mass is 254 g/mol. The van der Waals surface area contributed by atoms with Gasteiger partial charge in [0.1, 0.15) is 17.2 Å². The summed E-state index contributed by atoms with van der Waals surface area (Å²) in [5.74, 6) is 2.13. The standard InChI is InChI=1S/C15H14N2O2/c1-18-12-2-4-13(5-3-12)19-14-6-7-15(17)11(10-14)8-9-16/h2-7,10H,8,17H2,1H3. The SMILES string of the molecule is COc1ccc(Oc2ccc(N)c(CC#N)c2)cc1. The van der Waals surface area contributed by atoms with Gasteiger partial charge in [-0.05, 0) is 48.0 Å². The molecule has 0 aliphatic rings. The van der Waals surface area contributed by atoms with E-state index in [1.54, 1.807) is 25.3 Å². The second-order valence-corrected chi connectivity index (χ2v) is 3.97. The predicted molar refractivity (Wildman–Crippen MR) is 73.2 cm³/mol. The lowest BCUT2D eigenvalue weighted by Gasteiger charge is -2.09. The molecule has 0 unspecified atom stereocenters. The van der Waals surface area contributed by atoms with E-state index in [1.165, 1.54) is 0 Å². The molecule has 2 aromatic carbocycles. The van der Waals surface area contributed by atoms with Crippen LogP contribution in [0, 0.1) is 11.3 Å². The number of nitrogens with two attached hydrogens (primary N) is 1. The molecule has 2 N–H and O–H groups in total. The van der Waals surface area contributed by atoms with E-state index in [-0.39, 0.29) is 6.42 Å². The number of hydrogen-bond acceptors (Lipinski definition) is 4. The molecule has 4 nitrogen and oxygen atoms in total. The van der Waals surface area contributed by atoms with Crippen LogP contribution in [0.15, 0.2) is 42.5 Å². The van der Waals surface area contributed by atoms with Crippen LogP contribution < -0.4 is 15.2 Å². The topological polar surface area (TPSA) is 68.3 Å². The van der Waals surface area contributed by atoms with Crippen molar-refractivity contribution in [1.29, 1.82) is 5.26 Å². The van der Waals surface area contributed by atoms with E-state index in [2.05, 4.69) is 6.07 Å². The van der Waals surface area contributed by atoms with Crippen LogP contribution in [0.25, 0.3) is 0 Å².